The number of fused-ring (bicyclic) bond motifs is 2. The average Bonchev–Trinajstić information content (AvgIpc) is 3.83. The fourth-order valence-electron chi connectivity index (χ4n) is 6.51. The molecule has 10 nitrogen and oxygen atoms in total. The maximum absolute atomic E-state index is 13.5. The van der Waals surface area contributed by atoms with E-state index in [-0.39, 0.29) is 24.3 Å². The number of carbonyl (C=O) groups excluding carboxylic acids is 1. The highest BCUT2D eigenvalue weighted by molar-refractivity contribution is 6.00. The fraction of sp³-hybridized carbons (Fsp3) is 0.250. The Balaban J connectivity index is 1.17. The number of aromatic nitrogens is 3. The molecule has 0 unspecified atom stereocenters. The van der Waals surface area contributed by atoms with Crippen molar-refractivity contribution >= 4 is 33.8 Å². The number of carboxylic acid groups (broad SMARTS) is 1. The van der Waals surface area contributed by atoms with Crippen LogP contribution in [0.15, 0.2) is 95.9 Å². The van der Waals surface area contributed by atoms with Crippen LogP contribution in [0.5, 0.6) is 5.75 Å². The van der Waals surface area contributed by atoms with Gasteiger partial charge in [0, 0.05) is 29.1 Å². The van der Waals surface area contributed by atoms with Crippen molar-refractivity contribution in [3.8, 4) is 17.1 Å². The third kappa shape index (κ3) is 5.87. The summed E-state index contributed by atoms with van der Waals surface area (Å²) in [5.74, 6) is -0.867. The Morgan fingerprint density at radius 3 is 2.72 bits per heavy atom. The van der Waals surface area contributed by atoms with Gasteiger partial charge in [0.05, 0.1) is 41.6 Å². The van der Waals surface area contributed by atoms with Crippen LogP contribution >= 0.6 is 0 Å². The fourth-order valence-corrected chi connectivity index (χ4v) is 6.51. The summed E-state index contributed by atoms with van der Waals surface area (Å²) in [5, 5.41) is 23.3. The number of hydrogen-bond donors (Lipinski definition) is 4. The van der Waals surface area contributed by atoms with Crippen molar-refractivity contribution in [1.82, 2.24) is 19.9 Å². The summed E-state index contributed by atoms with van der Waals surface area (Å²) in [5.41, 5.74) is 5.18. The van der Waals surface area contributed by atoms with E-state index < -0.39 is 17.9 Å². The molecular weight excluding hydrogens is 584 g/mol. The number of aliphatic carboxylic acids is 1. The lowest BCUT2D eigenvalue weighted by Crippen LogP contribution is -2.42. The van der Waals surface area contributed by atoms with Crippen molar-refractivity contribution in [3.05, 3.63) is 108 Å². The van der Waals surface area contributed by atoms with Crippen molar-refractivity contribution in [1.29, 1.82) is 0 Å². The number of aromatic hydroxyl groups is 1. The Hall–Kier alpha value is -5.35. The summed E-state index contributed by atoms with van der Waals surface area (Å²) in [4.78, 5) is 33.7. The topological polar surface area (TPSA) is 143 Å². The molecule has 4 N–H and O–H groups in total. The predicted molar refractivity (Wildman–Crippen MR) is 173 cm³/mol. The zero-order chi connectivity index (χ0) is 31.6. The van der Waals surface area contributed by atoms with Gasteiger partial charge in [0.1, 0.15) is 23.9 Å². The van der Waals surface area contributed by atoms with E-state index in [1.165, 1.54) is 0 Å². The maximum atomic E-state index is 13.5. The molecule has 234 valence electrons. The first-order valence-corrected chi connectivity index (χ1v) is 15.5. The Labute approximate surface area is 264 Å². The van der Waals surface area contributed by atoms with E-state index in [1.807, 2.05) is 30.3 Å². The molecule has 10 heteroatoms. The number of nitrogens with zero attached hydrogens (tertiary/aromatic N) is 2. The van der Waals surface area contributed by atoms with Gasteiger partial charge in [-0.05, 0) is 66.4 Å². The average molecular weight is 619 g/mol. The summed E-state index contributed by atoms with van der Waals surface area (Å²) >= 11 is 0. The van der Waals surface area contributed by atoms with E-state index in [1.54, 1.807) is 49.1 Å². The minimum Gasteiger partial charge on any atom is -0.508 e. The minimum absolute atomic E-state index is 0.0252. The van der Waals surface area contributed by atoms with Gasteiger partial charge in [-0.1, -0.05) is 43.2 Å². The molecule has 1 amide bonds. The predicted octanol–water partition coefficient (Wildman–Crippen LogP) is 6.61. The van der Waals surface area contributed by atoms with Gasteiger partial charge in [-0.3, -0.25) is 4.79 Å². The minimum atomic E-state index is -1.19. The second-order valence-electron chi connectivity index (χ2n) is 11.8. The maximum Gasteiger partial charge on any atom is 0.326 e. The number of phenols is 1. The standard InChI is InChI=1S/C36H34N4O6/c41-26-11-12-28-27(18-26)25(19-37-28)17-30(36(43)44)39-35(42)23-10-13-31-29(16-23)38-34(24-14-15-45-21-24)40(31)32-8-4-5-9-33(32)46-20-22-6-2-1-3-7-22/h1-3,6-7,10-16,18-19,21,30,32-33,37,41H,4-5,8-9,17,20H2,(H,39,42)(H,43,44)/t30-,32+,33+/m0/s1. The Bertz CT molecular complexity index is 2000. The SMILES string of the molecule is O=C(N[C@@H](Cc1c[nH]c2ccc(O)cc12)C(=O)O)c1ccc2c(c1)nc(-c1ccoc1)n2[C@@H]1CCCC[C@H]1OCc1ccccc1. The summed E-state index contributed by atoms with van der Waals surface area (Å²) in [6.45, 7) is 0.518. The molecule has 0 spiro atoms. The molecule has 6 aromatic rings. The number of nitrogens with one attached hydrogen (secondary N) is 2. The largest absolute Gasteiger partial charge is 0.508 e. The number of aromatic amines is 1. The Morgan fingerprint density at radius 2 is 1.91 bits per heavy atom. The van der Waals surface area contributed by atoms with E-state index in [9.17, 15) is 19.8 Å². The second kappa shape index (κ2) is 12.6. The monoisotopic (exact) mass is 618 g/mol. The molecule has 1 aliphatic carbocycles. The Morgan fingerprint density at radius 1 is 1.07 bits per heavy atom. The molecule has 0 aliphatic heterocycles. The molecular formula is C36H34N4O6. The number of H-pyrrole nitrogens is 1. The molecule has 0 bridgehead atoms. The third-order valence-electron chi connectivity index (χ3n) is 8.82. The molecule has 46 heavy (non-hydrogen) atoms. The molecule has 0 saturated heterocycles. The number of phenolic OH excluding ortho intramolecular Hbond substituents is 1. The van der Waals surface area contributed by atoms with Gasteiger partial charge in [-0.15, -0.1) is 0 Å². The highest BCUT2D eigenvalue weighted by Gasteiger charge is 2.32. The number of furan rings is 1. The van der Waals surface area contributed by atoms with E-state index in [0.29, 0.717) is 28.6 Å². The molecule has 0 radical (unpaired) electrons. The van der Waals surface area contributed by atoms with Crippen LogP contribution in [0.2, 0.25) is 0 Å². The first-order chi connectivity index (χ1) is 22.4. The van der Waals surface area contributed by atoms with Crippen molar-refractivity contribution in [3.63, 3.8) is 0 Å². The van der Waals surface area contributed by atoms with Crippen LogP contribution < -0.4 is 5.32 Å². The number of amides is 1. The first kappa shape index (κ1) is 29.4. The van der Waals surface area contributed by atoms with Gasteiger partial charge < -0.3 is 34.2 Å². The van der Waals surface area contributed by atoms with Crippen LogP contribution in [-0.4, -0.2) is 48.8 Å². The van der Waals surface area contributed by atoms with Crippen molar-refractivity contribution in [2.24, 2.45) is 0 Å². The molecule has 3 aromatic carbocycles. The summed E-state index contributed by atoms with van der Waals surface area (Å²) in [6.07, 6.45) is 8.98. The number of imidazole rings is 1. The van der Waals surface area contributed by atoms with E-state index in [2.05, 4.69) is 27.0 Å². The number of benzene rings is 3. The molecule has 1 saturated carbocycles. The number of carbonyl (C=O) groups is 2. The van der Waals surface area contributed by atoms with E-state index in [4.69, 9.17) is 14.1 Å². The molecule has 3 aromatic heterocycles. The van der Waals surface area contributed by atoms with Gasteiger partial charge in [-0.2, -0.15) is 0 Å². The number of rotatable bonds is 10. The van der Waals surface area contributed by atoms with Crippen LogP contribution in [-0.2, 0) is 22.6 Å². The number of carboxylic acids is 1. The summed E-state index contributed by atoms with van der Waals surface area (Å²) < 4.78 is 14.2. The quantitative estimate of drug-likeness (QED) is 0.135. The van der Waals surface area contributed by atoms with Crippen LogP contribution in [0, 0.1) is 0 Å². The van der Waals surface area contributed by atoms with Crippen molar-refractivity contribution in [2.75, 3.05) is 0 Å². The van der Waals surface area contributed by atoms with Gasteiger partial charge in [0.15, 0.2) is 0 Å². The molecule has 3 atom stereocenters. The van der Waals surface area contributed by atoms with Gasteiger partial charge in [-0.25, -0.2) is 9.78 Å². The molecule has 1 fully saturated rings. The van der Waals surface area contributed by atoms with Crippen LogP contribution in [0.4, 0.5) is 0 Å². The summed E-state index contributed by atoms with van der Waals surface area (Å²) in [7, 11) is 0. The number of ether oxygens (including phenoxy) is 1. The van der Waals surface area contributed by atoms with E-state index in [0.717, 1.165) is 53.7 Å². The second-order valence-corrected chi connectivity index (χ2v) is 11.8. The molecule has 7 rings (SSSR count). The highest BCUT2D eigenvalue weighted by atomic mass is 16.5. The van der Waals surface area contributed by atoms with Gasteiger partial charge in [0.25, 0.3) is 5.91 Å². The third-order valence-corrected chi connectivity index (χ3v) is 8.82. The lowest BCUT2D eigenvalue weighted by atomic mass is 9.91. The number of hydrogen-bond acceptors (Lipinski definition) is 6. The highest BCUT2D eigenvalue weighted by Crippen LogP contribution is 2.38. The van der Waals surface area contributed by atoms with Crippen LogP contribution in [0.3, 0.4) is 0 Å². The van der Waals surface area contributed by atoms with Crippen LogP contribution in [0.25, 0.3) is 33.3 Å². The smallest absolute Gasteiger partial charge is 0.326 e. The molecule has 1 aliphatic rings. The van der Waals surface area contributed by atoms with Crippen molar-refractivity contribution < 1.29 is 29.0 Å². The molecule has 3 heterocycles. The zero-order valence-electron chi connectivity index (χ0n) is 25.1. The summed E-state index contributed by atoms with van der Waals surface area (Å²) in [6, 6.07) is 21.0. The normalized spacial score (nSPS) is 17.3. The first-order valence-electron chi connectivity index (χ1n) is 15.5. The lowest BCUT2D eigenvalue weighted by molar-refractivity contribution is -0.139. The Kier molecular flexibility index (Phi) is 8.02. The zero-order valence-corrected chi connectivity index (χ0v) is 25.1. The van der Waals surface area contributed by atoms with E-state index >= 15 is 0 Å². The van der Waals surface area contributed by atoms with Gasteiger partial charge >= 0.3 is 5.97 Å². The van der Waals surface area contributed by atoms with Gasteiger partial charge in [0.2, 0.25) is 0 Å². The van der Waals surface area contributed by atoms with Crippen molar-refractivity contribution in [2.45, 2.75) is 56.9 Å². The van der Waals surface area contributed by atoms with Crippen LogP contribution in [0.1, 0.15) is 53.2 Å². The lowest BCUT2D eigenvalue weighted by Gasteiger charge is -2.34.